The van der Waals surface area contributed by atoms with Gasteiger partial charge in [-0.25, -0.2) is 4.79 Å². The van der Waals surface area contributed by atoms with Crippen LogP contribution in [0.1, 0.15) is 45.1 Å². The molecule has 2 aliphatic carbocycles. The number of nitrogens with one attached hydrogen (secondary N) is 4. The number of urea groups is 1. The fourth-order valence-corrected chi connectivity index (χ4v) is 3.28. The number of carbonyl (C=O) groups is 1. The summed E-state index contributed by atoms with van der Waals surface area (Å²) in [6.45, 7) is 5.06. The molecule has 0 radical (unpaired) electrons. The molecule has 2 amide bonds. The maximum absolute atomic E-state index is 12.8. The first-order chi connectivity index (χ1) is 13.6. The summed E-state index contributed by atoms with van der Waals surface area (Å²) in [5.41, 5.74) is 3.54. The van der Waals surface area contributed by atoms with Crippen LogP contribution >= 0.6 is 0 Å². The van der Waals surface area contributed by atoms with E-state index in [2.05, 4.69) is 39.7 Å². The minimum Gasteiger partial charge on any atom is -0.384 e. The van der Waals surface area contributed by atoms with E-state index in [0.717, 1.165) is 43.5 Å². The van der Waals surface area contributed by atoms with Gasteiger partial charge in [0.25, 0.3) is 0 Å². The predicted molar refractivity (Wildman–Crippen MR) is 110 cm³/mol. The lowest BCUT2D eigenvalue weighted by Gasteiger charge is -2.22. The number of aromatic nitrogens is 3. The highest BCUT2D eigenvalue weighted by atomic mass is 16.2. The van der Waals surface area contributed by atoms with Gasteiger partial charge in [-0.15, -0.1) is 0 Å². The molecule has 0 spiro atoms. The van der Waals surface area contributed by atoms with Gasteiger partial charge in [0, 0.05) is 42.3 Å². The van der Waals surface area contributed by atoms with Crippen LogP contribution in [0.5, 0.6) is 0 Å². The molecule has 0 saturated heterocycles. The highest BCUT2D eigenvalue weighted by Crippen LogP contribution is 2.38. The molecule has 0 bridgehead atoms. The van der Waals surface area contributed by atoms with Crippen LogP contribution in [0, 0.1) is 11.3 Å². The molecule has 2 aromatic rings. The number of amides is 2. The number of pyridine rings is 1. The highest BCUT2D eigenvalue weighted by molar-refractivity contribution is 5.94. The molecule has 2 heterocycles. The molecule has 4 N–H and O–H groups in total. The Morgan fingerprint density at radius 3 is 2.61 bits per heavy atom. The third kappa shape index (κ3) is 4.00. The second kappa shape index (κ2) is 7.61. The van der Waals surface area contributed by atoms with Crippen LogP contribution in [0.25, 0.3) is 11.4 Å². The third-order valence-corrected chi connectivity index (χ3v) is 5.04. The first-order valence-corrected chi connectivity index (χ1v) is 9.94. The average molecular weight is 381 g/mol. The number of aromatic amines is 1. The summed E-state index contributed by atoms with van der Waals surface area (Å²) in [4.78, 5) is 19.3. The van der Waals surface area contributed by atoms with E-state index in [0.29, 0.717) is 35.1 Å². The van der Waals surface area contributed by atoms with Crippen molar-refractivity contribution in [2.45, 2.75) is 51.6 Å². The Morgan fingerprint density at radius 1 is 1.29 bits per heavy atom. The summed E-state index contributed by atoms with van der Waals surface area (Å²) < 4.78 is 0. The lowest BCUT2D eigenvalue weighted by molar-refractivity contribution is 0.206. The zero-order valence-electron chi connectivity index (χ0n) is 16.3. The minimum absolute atomic E-state index is 0.0538. The lowest BCUT2D eigenvalue weighted by atomic mass is 10.1. The standard InChI is InChI=1S/C20H27N7O/c1-12(2)9-22-16-7-17(23-10-13(16)8-21)19-18(11-24-26-19)25-20(28)27(14-3-4-14)15-5-6-15/h7-8,10-12,14-15,21H,3-6,9H2,1-2H3,(H,22,23)(H,24,26)(H,25,28). The number of H-pyrrole nitrogens is 1. The Balaban J connectivity index is 1.55. The minimum atomic E-state index is -0.0538. The number of hydrogen-bond acceptors (Lipinski definition) is 5. The van der Waals surface area contributed by atoms with Crippen LogP contribution in [-0.4, -0.2) is 51.0 Å². The van der Waals surface area contributed by atoms with E-state index in [1.807, 2.05) is 11.0 Å². The Bertz CT molecular complexity index is 855. The van der Waals surface area contributed by atoms with Crippen molar-refractivity contribution in [1.82, 2.24) is 20.1 Å². The Labute approximate surface area is 164 Å². The quantitative estimate of drug-likeness (QED) is 0.523. The maximum atomic E-state index is 12.8. The van der Waals surface area contributed by atoms with Crippen LogP contribution in [0.3, 0.4) is 0 Å². The summed E-state index contributed by atoms with van der Waals surface area (Å²) in [6, 6.07) is 2.62. The first kappa shape index (κ1) is 18.5. The van der Waals surface area contributed by atoms with Gasteiger partial charge in [0.2, 0.25) is 0 Å². The van der Waals surface area contributed by atoms with Gasteiger partial charge in [0.1, 0.15) is 5.69 Å². The molecule has 2 saturated carbocycles. The molecule has 2 aromatic heterocycles. The Kier molecular flexibility index (Phi) is 5.02. The van der Waals surface area contributed by atoms with Crippen molar-refractivity contribution in [3.8, 4) is 11.4 Å². The SMILES string of the molecule is CC(C)CNc1cc(-c2[nH]ncc2NC(=O)N(C2CC2)C2CC2)ncc1C=N. The molecule has 8 heteroatoms. The van der Waals surface area contributed by atoms with Crippen molar-refractivity contribution in [2.24, 2.45) is 5.92 Å². The molecule has 2 aliphatic rings. The normalized spacial score (nSPS) is 16.1. The molecule has 0 aliphatic heterocycles. The predicted octanol–water partition coefficient (Wildman–Crippen LogP) is 3.70. The van der Waals surface area contributed by atoms with Crippen molar-refractivity contribution in [1.29, 1.82) is 5.41 Å². The molecular formula is C20H27N7O. The van der Waals surface area contributed by atoms with Crippen LogP contribution in [0.4, 0.5) is 16.2 Å². The van der Waals surface area contributed by atoms with E-state index in [-0.39, 0.29) is 6.03 Å². The monoisotopic (exact) mass is 381 g/mol. The molecule has 0 aromatic carbocycles. The fraction of sp³-hybridized carbons (Fsp3) is 0.500. The van der Waals surface area contributed by atoms with E-state index in [4.69, 9.17) is 5.41 Å². The van der Waals surface area contributed by atoms with Gasteiger partial charge < -0.3 is 20.9 Å². The second-order valence-corrected chi connectivity index (χ2v) is 8.03. The molecule has 2 fully saturated rings. The van der Waals surface area contributed by atoms with E-state index in [1.54, 1.807) is 12.4 Å². The van der Waals surface area contributed by atoms with Crippen molar-refractivity contribution < 1.29 is 4.79 Å². The van der Waals surface area contributed by atoms with Crippen LogP contribution < -0.4 is 10.6 Å². The summed E-state index contributed by atoms with van der Waals surface area (Å²) in [6.07, 6.45) is 8.97. The largest absolute Gasteiger partial charge is 0.384 e. The van der Waals surface area contributed by atoms with E-state index in [1.165, 1.54) is 6.21 Å². The molecule has 0 unspecified atom stereocenters. The first-order valence-electron chi connectivity index (χ1n) is 9.94. The molecule has 4 rings (SSSR count). The number of carbonyl (C=O) groups excluding carboxylic acids is 1. The zero-order chi connectivity index (χ0) is 19.7. The third-order valence-electron chi connectivity index (χ3n) is 5.04. The summed E-state index contributed by atoms with van der Waals surface area (Å²) in [5.74, 6) is 0.480. The van der Waals surface area contributed by atoms with Gasteiger partial charge in [-0.05, 0) is 37.7 Å². The van der Waals surface area contributed by atoms with Crippen LogP contribution in [0.15, 0.2) is 18.5 Å². The highest BCUT2D eigenvalue weighted by Gasteiger charge is 2.42. The fourth-order valence-electron chi connectivity index (χ4n) is 3.28. The molecule has 8 nitrogen and oxygen atoms in total. The maximum Gasteiger partial charge on any atom is 0.322 e. The van der Waals surface area contributed by atoms with E-state index >= 15 is 0 Å². The Morgan fingerprint density at radius 2 is 2.00 bits per heavy atom. The summed E-state index contributed by atoms with van der Waals surface area (Å²) >= 11 is 0. The van der Waals surface area contributed by atoms with Crippen molar-refractivity contribution in [3.05, 3.63) is 24.0 Å². The Hall–Kier alpha value is -2.90. The van der Waals surface area contributed by atoms with Gasteiger partial charge in [0.15, 0.2) is 0 Å². The van der Waals surface area contributed by atoms with Crippen LogP contribution in [0.2, 0.25) is 0 Å². The van der Waals surface area contributed by atoms with Crippen molar-refractivity contribution in [2.75, 3.05) is 17.2 Å². The number of rotatable bonds is 8. The smallest absolute Gasteiger partial charge is 0.322 e. The summed E-state index contributed by atoms with van der Waals surface area (Å²) in [7, 11) is 0. The van der Waals surface area contributed by atoms with Crippen molar-refractivity contribution >= 4 is 23.6 Å². The lowest BCUT2D eigenvalue weighted by Crippen LogP contribution is -2.38. The topological polar surface area (TPSA) is 110 Å². The molecule has 28 heavy (non-hydrogen) atoms. The molecule has 0 atom stereocenters. The molecule has 148 valence electrons. The van der Waals surface area contributed by atoms with E-state index in [9.17, 15) is 4.79 Å². The van der Waals surface area contributed by atoms with Gasteiger partial charge >= 0.3 is 6.03 Å². The van der Waals surface area contributed by atoms with Crippen LogP contribution in [-0.2, 0) is 0 Å². The number of nitrogens with zero attached hydrogens (tertiary/aromatic N) is 3. The summed E-state index contributed by atoms with van der Waals surface area (Å²) in [5, 5.41) is 21.1. The zero-order valence-corrected chi connectivity index (χ0v) is 16.3. The molecular weight excluding hydrogens is 354 g/mol. The number of anilines is 2. The average Bonchev–Trinajstić information content (AvgIpc) is 3.61. The van der Waals surface area contributed by atoms with Gasteiger partial charge in [-0.1, -0.05) is 13.8 Å². The van der Waals surface area contributed by atoms with Gasteiger partial charge in [-0.3, -0.25) is 10.1 Å². The number of hydrogen-bond donors (Lipinski definition) is 4. The van der Waals surface area contributed by atoms with Crippen molar-refractivity contribution in [3.63, 3.8) is 0 Å². The second-order valence-electron chi connectivity index (χ2n) is 8.03. The van der Waals surface area contributed by atoms with Gasteiger partial charge in [-0.2, -0.15) is 5.10 Å². The van der Waals surface area contributed by atoms with Gasteiger partial charge in [0.05, 0.1) is 17.6 Å². The van der Waals surface area contributed by atoms with E-state index < -0.39 is 0 Å².